The van der Waals surface area contributed by atoms with E-state index in [9.17, 15) is 4.79 Å². The van der Waals surface area contributed by atoms with Gasteiger partial charge in [-0.05, 0) is 21.5 Å². The lowest BCUT2D eigenvalue weighted by Crippen LogP contribution is -2.68. The first-order chi connectivity index (χ1) is 12.3. The predicted molar refractivity (Wildman–Crippen MR) is 106 cm³/mol. The Hall–Kier alpha value is -2.21. The first kappa shape index (κ1) is 18.6. The summed E-state index contributed by atoms with van der Waals surface area (Å²) in [5, 5.41) is 2.17. The molecule has 1 heterocycles. The van der Waals surface area contributed by atoms with Crippen molar-refractivity contribution < 1.29 is 14.0 Å². The van der Waals surface area contributed by atoms with Crippen LogP contribution in [0.2, 0.25) is 5.04 Å². The Morgan fingerprint density at radius 3 is 1.88 bits per heavy atom. The lowest BCUT2D eigenvalue weighted by atomic mass is 10.2. The third-order valence-electron chi connectivity index (χ3n) is 4.72. The van der Waals surface area contributed by atoms with Gasteiger partial charge in [0.1, 0.15) is 0 Å². The largest absolute Gasteiger partial charge is 0.435 e. The van der Waals surface area contributed by atoms with Gasteiger partial charge in [0.15, 0.2) is 0 Å². The zero-order chi connectivity index (χ0) is 18.8. The van der Waals surface area contributed by atoms with E-state index in [1.165, 1.54) is 6.08 Å². The lowest BCUT2D eigenvalue weighted by Gasteiger charge is -2.44. The number of hydrogen-bond acceptors (Lipinski definition) is 4. The van der Waals surface area contributed by atoms with Crippen molar-refractivity contribution in [2.45, 2.75) is 31.5 Å². The van der Waals surface area contributed by atoms with Crippen molar-refractivity contribution in [2.75, 3.05) is 6.61 Å². The van der Waals surface area contributed by atoms with E-state index in [0.29, 0.717) is 0 Å². The number of esters is 1. The minimum absolute atomic E-state index is 0.114. The summed E-state index contributed by atoms with van der Waals surface area (Å²) in [5.41, 5.74) is 5.01. The zero-order valence-electron chi connectivity index (χ0n) is 15.4. The second-order valence-electron chi connectivity index (χ2n) is 7.66. The first-order valence-electron chi connectivity index (χ1n) is 8.73. The Labute approximate surface area is 155 Å². The number of ether oxygens (including phenoxy) is 1. The predicted octanol–water partition coefficient (Wildman–Crippen LogP) is 2.33. The molecule has 26 heavy (non-hydrogen) atoms. The number of benzene rings is 2. The molecule has 0 unspecified atom stereocenters. The highest BCUT2D eigenvalue weighted by Crippen LogP contribution is 2.37. The highest BCUT2D eigenvalue weighted by molar-refractivity contribution is 6.99. The standard InChI is InChI=1S/C21H25NO3Si/c1-20(2,3)26(17-10-6-4-7-11-17,18-12-8-5-9-13-18)24-16-21(22)15-14-19(23)25-21/h4-15H,16,22H2,1-3H3/t21-/m0/s1. The molecule has 0 amide bonds. The van der Waals surface area contributed by atoms with E-state index in [0.717, 1.165) is 10.4 Å². The molecular weight excluding hydrogens is 342 g/mol. The molecule has 136 valence electrons. The van der Waals surface area contributed by atoms with Crippen LogP contribution in [0.15, 0.2) is 72.8 Å². The molecule has 0 radical (unpaired) electrons. The maximum absolute atomic E-state index is 11.5. The van der Waals surface area contributed by atoms with Crippen LogP contribution in [-0.2, 0) is 14.0 Å². The molecule has 0 saturated heterocycles. The summed E-state index contributed by atoms with van der Waals surface area (Å²) in [7, 11) is -2.69. The van der Waals surface area contributed by atoms with Crippen molar-refractivity contribution >= 4 is 24.7 Å². The molecule has 2 N–H and O–H groups in total. The third kappa shape index (κ3) is 3.38. The van der Waals surface area contributed by atoms with Crippen LogP contribution >= 0.6 is 0 Å². The number of rotatable bonds is 5. The highest BCUT2D eigenvalue weighted by Gasteiger charge is 2.51. The number of cyclic esters (lactones) is 1. The second-order valence-corrected chi connectivity index (χ2v) is 12.0. The molecular formula is C21H25NO3Si. The van der Waals surface area contributed by atoms with E-state index in [4.69, 9.17) is 14.9 Å². The molecule has 0 fully saturated rings. The summed E-state index contributed by atoms with van der Waals surface area (Å²) in [5.74, 6) is -0.432. The average molecular weight is 368 g/mol. The van der Waals surface area contributed by atoms with E-state index < -0.39 is 20.0 Å². The maximum atomic E-state index is 11.5. The molecule has 0 aromatic heterocycles. The fourth-order valence-corrected chi connectivity index (χ4v) is 8.12. The molecule has 2 aromatic carbocycles. The molecule has 0 bridgehead atoms. The topological polar surface area (TPSA) is 61.5 Å². The van der Waals surface area contributed by atoms with Crippen molar-refractivity contribution in [1.82, 2.24) is 0 Å². The monoisotopic (exact) mass is 367 g/mol. The number of carbonyl (C=O) groups excluding carboxylic acids is 1. The fourth-order valence-electron chi connectivity index (χ4n) is 3.52. The van der Waals surface area contributed by atoms with Gasteiger partial charge < -0.3 is 9.16 Å². The van der Waals surface area contributed by atoms with Gasteiger partial charge in [0, 0.05) is 6.08 Å². The molecule has 0 saturated carbocycles. The van der Waals surface area contributed by atoms with Crippen LogP contribution in [0.1, 0.15) is 20.8 Å². The lowest BCUT2D eigenvalue weighted by molar-refractivity contribution is -0.147. The Morgan fingerprint density at radius 2 is 1.50 bits per heavy atom. The van der Waals surface area contributed by atoms with Crippen molar-refractivity contribution in [1.29, 1.82) is 0 Å². The average Bonchev–Trinajstić information content (AvgIpc) is 2.95. The van der Waals surface area contributed by atoms with Crippen molar-refractivity contribution in [3.8, 4) is 0 Å². The van der Waals surface area contributed by atoms with Crippen LogP contribution in [0.3, 0.4) is 0 Å². The van der Waals surface area contributed by atoms with Crippen LogP contribution in [0.5, 0.6) is 0 Å². The summed E-state index contributed by atoms with van der Waals surface area (Å²) >= 11 is 0. The van der Waals surface area contributed by atoms with Crippen LogP contribution in [-0.4, -0.2) is 26.6 Å². The third-order valence-corrected chi connectivity index (χ3v) is 9.71. The Kier molecular flexibility index (Phi) is 4.88. The molecule has 5 heteroatoms. The molecule has 2 aromatic rings. The summed E-state index contributed by atoms with van der Waals surface area (Å²) < 4.78 is 11.9. The van der Waals surface area contributed by atoms with E-state index in [2.05, 4.69) is 45.0 Å². The van der Waals surface area contributed by atoms with Crippen LogP contribution in [0, 0.1) is 0 Å². The molecule has 1 atom stereocenters. The molecule has 4 nitrogen and oxygen atoms in total. The Morgan fingerprint density at radius 1 is 1.00 bits per heavy atom. The van der Waals surface area contributed by atoms with Gasteiger partial charge in [-0.25, -0.2) is 4.79 Å². The van der Waals surface area contributed by atoms with Gasteiger partial charge >= 0.3 is 5.97 Å². The first-order valence-corrected chi connectivity index (χ1v) is 10.6. The van der Waals surface area contributed by atoms with Crippen LogP contribution in [0.25, 0.3) is 0 Å². The normalized spacial score (nSPS) is 20.2. The van der Waals surface area contributed by atoms with Crippen molar-refractivity contribution in [3.05, 3.63) is 72.8 Å². The summed E-state index contributed by atoms with van der Waals surface area (Å²) in [6, 6.07) is 20.6. The van der Waals surface area contributed by atoms with Gasteiger partial charge in [-0.15, -0.1) is 0 Å². The molecule has 3 rings (SSSR count). The molecule has 0 spiro atoms. The second kappa shape index (κ2) is 6.83. The van der Waals surface area contributed by atoms with Gasteiger partial charge in [-0.3, -0.25) is 5.73 Å². The van der Waals surface area contributed by atoms with Crippen LogP contribution in [0.4, 0.5) is 0 Å². The molecule has 1 aliphatic heterocycles. The summed E-state index contributed by atoms with van der Waals surface area (Å²) in [6.45, 7) is 6.69. The Balaban J connectivity index is 2.09. The van der Waals surface area contributed by atoms with Crippen molar-refractivity contribution in [3.63, 3.8) is 0 Å². The minimum Gasteiger partial charge on any atom is -0.435 e. The van der Waals surface area contributed by atoms with E-state index in [-0.39, 0.29) is 11.6 Å². The van der Waals surface area contributed by atoms with E-state index in [1.807, 2.05) is 36.4 Å². The van der Waals surface area contributed by atoms with Gasteiger partial charge in [0.25, 0.3) is 8.32 Å². The fraction of sp³-hybridized carbons (Fsp3) is 0.286. The van der Waals surface area contributed by atoms with Gasteiger partial charge in [0.2, 0.25) is 5.72 Å². The van der Waals surface area contributed by atoms with Crippen LogP contribution < -0.4 is 16.1 Å². The van der Waals surface area contributed by atoms with Gasteiger partial charge in [0.05, 0.1) is 6.61 Å². The number of nitrogens with two attached hydrogens (primary N) is 1. The number of carbonyl (C=O) groups is 1. The van der Waals surface area contributed by atoms with E-state index in [1.54, 1.807) is 6.08 Å². The summed E-state index contributed by atoms with van der Waals surface area (Å²) in [4.78, 5) is 11.5. The Bertz CT molecular complexity index is 760. The van der Waals surface area contributed by atoms with Gasteiger partial charge in [-0.1, -0.05) is 81.4 Å². The van der Waals surface area contributed by atoms with Crippen molar-refractivity contribution in [2.24, 2.45) is 5.73 Å². The quantitative estimate of drug-likeness (QED) is 0.651. The zero-order valence-corrected chi connectivity index (χ0v) is 16.4. The maximum Gasteiger partial charge on any atom is 0.332 e. The SMILES string of the molecule is CC(C)(C)[Si](OC[C@]1(N)C=CC(=O)O1)(c1ccccc1)c1ccccc1. The summed E-state index contributed by atoms with van der Waals surface area (Å²) in [6.07, 6.45) is 2.93. The molecule has 1 aliphatic rings. The molecule has 0 aliphatic carbocycles. The highest BCUT2D eigenvalue weighted by atomic mass is 28.4. The smallest absolute Gasteiger partial charge is 0.332 e. The number of hydrogen-bond donors (Lipinski definition) is 1. The van der Waals surface area contributed by atoms with E-state index >= 15 is 0 Å². The minimum atomic E-state index is -2.69. The van der Waals surface area contributed by atoms with Gasteiger partial charge in [-0.2, -0.15) is 0 Å².